The number of hydrogen-bond donors (Lipinski definition) is 0. The first kappa shape index (κ1) is 16.6. The van der Waals surface area contributed by atoms with Gasteiger partial charge in [0.1, 0.15) is 17.1 Å². The van der Waals surface area contributed by atoms with Gasteiger partial charge in [-0.15, -0.1) is 0 Å². The fourth-order valence-corrected chi connectivity index (χ4v) is 3.06. The molecule has 0 bridgehead atoms. The molecule has 4 heteroatoms. The van der Waals surface area contributed by atoms with Crippen molar-refractivity contribution >= 4 is 28.4 Å². The Morgan fingerprint density at radius 2 is 2.00 bits per heavy atom. The van der Waals surface area contributed by atoms with Crippen molar-refractivity contribution in [1.29, 1.82) is 0 Å². The number of carbonyl (C=O) groups is 1. The summed E-state index contributed by atoms with van der Waals surface area (Å²) in [6.07, 6.45) is 2.74. The molecule has 0 N–H and O–H groups in total. The molecule has 0 aliphatic rings. The number of halogens is 1. The number of methoxy groups -OCH3 is 1. The highest BCUT2D eigenvalue weighted by atomic mass is 35.5. The number of rotatable bonds is 6. The first-order valence-electron chi connectivity index (χ1n) is 8.04. The second-order valence-electron chi connectivity index (χ2n) is 5.67. The fraction of sp³-hybridized carbons (Fsp3) is 0.250. The van der Waals surface area contributed by atoms with Gasteiger partial charge in [-0.3, -0.25) is 4.79 Å². The molecule has 3 rings (SSSR count). The minimum atomic E-state index is -0.112. The SMILES string of the molecule is CCCCc1oc2ccccc2c1C(=O)c1ccc(OC)cc1Cl. The van der Waals surface area contributed by atoms with Gasteiger partial charge in [-0.25, -0.2) is 0 Å². The average Bonchev–Trinajstić information content (AvgIpc) is 2.97. The predicted molar refractivity (Wildman–Crippen MR) is 96.3 cm³/mol. The number of para-hydroxylation sites is 1. The summed E-state index contributed by atoms with van der Waals surface area (Å²) in [7, 11) is 1.57. The van der Waals surface area contributed by atoms with Gasteiger partial charge in [0.15, 0.2) is 5.78 Å². The Hall–Kier alpha value is -2.26. The number of aryl methyl sites for hydroxylation is 1. The van der Waals surface area contributed by atoms with E-state index < -0.39 is 0 Å². The van der Waals surface area contributed by atoms with Crippen molar-refractivity contribution in [2.24, 2.45) is 0 Å². The predicted octanol–water partition coefficient (Wildman–Crippen LogP) is 5.67. The molecule has 2 aromatic carbocycles. The molecule has 0 saturated heterocycles. The van der Waals surface area contributed by atoms with E-state index >= 15 is 0 Å². The summed E-state index contributed by atoms with van der Waals surface area (Å²) in [6, 6.07) is 12.7. The van der Waals surface area contributed by atoms with E-state index in [2.05, 4.69) is 6.92 Å². The third kappa shape index (κ3) is 3.04. The zero-order valence-electron chi connectivity index (χ0n) is 13.8. The van der Waals surface area contributed by atoms with Gasteiger partial charge in [0.25, 0.3) is 0 Å². The Morgan fingerprint density at radius 1 is 1.21 bits per heavy atom. The molecule has 0 fully saturated rings. The topological polar surface area (TPSA) is 39.4 Å². The summed E-state index contributed by atoms with van der Waals surface area (Å²) in [5.74, 6) is 1.24. The van der Waals surface area contributed by atoms with Gasteiger partial charge in [-0.05, 0) is 30.7 Å². The summed E-state index contributed by atoms with van der Waals surface area (Å²) in [6.45, 7) is 2.12. The van der Waals surface area contributed by atoms with Gasteiger partial charge in [0.2, 0.25) is 0 Å². The average molecular weight is 343 g/mol. The van der Waals surface area contributed by atoms with Crippen LogP contribution in [0.3, 0.4) is 0 Å². The maximum absolute atomic E-state index is 13.1. The maximum Gasteiger partial charge on any atom is 0.198 e. The standard InChI is InChI=1S/C20H19ClO3/c1-3-4-8-18-19(15-7-5-6-9-17(15)24-18)20(22)14-11-10-13(23-2)12-16(14)21/h5-7,9-12H,3-4,8H2,1-2H3. The number of ketones is 1. The summed E-state index contributed by atoms with van der Waals surface area (Å²) >= 11 is 6.30. The van der Waals surface area contributed by atoms with Crippen LogP contribution in [0.15, 0.2) is 46.9 Å². The highest BCUT2D eigenvalue weighted by molar-refractivity contribution is 6.35. The van der Waals surface area contributed by atoms with Crippen LogP contribution < -0.4 is 4.74 Å². The number of carbonyl (C=O) groups excluding carboxylic acids is 1. The Morgan fingerprint density at radius 3 is 2.71 bits per heavy atom. The molecule has 24 heavy (non-hydrogen) atoms. The fourth-order valence-electron chi connectivity index (χ4n) is 2.80. The zero-order valence-corrected chi connectivity index (χ0v) is 14.5. The van der Waals surface area contributed by atoms with Gasteiger partial charge < -0.3 is 9.15 Å². The molecule has 0 unspecified atom stereocenters. The largest absolute Gasteiger partial charge is 0.497 e. The van der Waals surface area contributed by atoms with Crippen LogP contribution in [0.1, 0.15) is 41.4 Å². The van der Waals surface area contributed by atoms with Gasteiger partial charge in [-0.2, -0.15) is 0 Å². The molecule has 0 aliphatic carbocycles. The highest BCUT2D eigenvalue weighted by Gasteiger charge is 2.23. The van der Waals surface area contributed by atoms with Gasteiger partial charge >= 0.3 is 0 Å². The molecule has 0 atom stereocenters. The molecule has 3 aromatic rings. The zero-order chi connectivity index (χ0) is 17.1. The van der Waals surface area contributed by atoms with E-state index in [0.717, 1.165) is 36.0 Å². The van der Waals surface area contributed by atoms with E-state index in [4.69, 9.17) is 20.8 Å². The Kier molecular flexibility index (Phi) is 4.91. The van der Waals surface area contributed by atoms with Crippen LogP contribution in [0.25, 0.3) is 11.0 Å². The van der Waals surface area contributed by atoms with E-state index in [1.165, 1.54) is 0 Å². The van der Waals surface area contributed by atoms with Crippen LogP contribution in [0.4, 0.5) is 0 Å². The third-order valence-electron chi connectivity index (χ3n) is 4.07. The van der Waals surface area contributed by atoms with Crippen molar-refractivity contribution in [2.45, 2.75) is 26.2 Å². The molecular formula is C20H19ClO3. The van der Waals surface area contributed by atoms with Crippen LogP contribution in [-0.2, 0) is 6.42 Å². The van der Waals surface area contributed by atoms with Crippen molar-refractivity contribution in [1.82, 2.24) is 0 Å². The summed E-state index contributed by atoms with van der Waals surface area (Å²) in [5, 5.41) is 1.21. The molecule has 0 spiro atoms. The minimum absolute atomic E-state index is 0.112. The second kappa shape index (κ2) is 7.10. The molecular weight excluding hydrogens is 324 g/mol. The minimum Gasteiger partial charge on any atom is -0.497 e. The first-order chi connectivity index (χ1) is 11.7. The lowest BCUT2D eigenvalue weighted by atomic mass is 9.98. The number of fused-ring (bicyclic) bond motifs is 1. The van der Waals surface area contributed by atoms with Gasteiger partial charge in [-0.1, -0.05) is 43.1 Å². The maximum atomic E-state index is 13.1. The van der Waals surface area contributed by atoms with Crippen molar-refractivity contribution in [3.8, 4) is 5.75 Å². The molecule has 0 radical (unpaired) electrons. The number of hydrogen-bond acceptors (Lipinski definition) is 3. The van der Waals surface area contributed by atoms with Crippen molar-refractivity contribution in [3.05, 3.63) is 64.4 Å². The molecule has 0 saturated carbocycles. The Bertz CT molecular complexity index is 880. The van der Waals surface area contributed by atoms with E-state index in [9.17, 15) is 4.79 Å². The number of unbranched alkanes of at least 4 members (excludes halogenated alkanes) is 1. The van der Waals surface area contributed by atoms with E-state index in [1.807, 2.05) is 24.3 Å². The number of benzene rings is 2. The van der Waals surface area contributed by atoms with E-state index in [0.29, 0.717) is 21.9 Å². The number of ether oxygens (including phenoxy) is 1. The van der Waals surface area contributed by atoms with E-state index in [1.54, 1.807) is 25.3 Å². The third-order valence-corrected chi connectivity index (χ3v) is 4.39. The molecule has 124 valence electrons. The van der Waals surface area contributed by atoms with Gasteiger partial charge in [0, 0.05) is 17.4 Å². The first-order valence-corrected chi connectivity index (χ1v) is 8.42. The summed E-state index contributed by atoms with van der Waals surface area (Å²) in [4.78, 5) is 13.1. The Balaban J connectivity index is 2.11. The summed E-state index contributed by atoms with van der Waals surface area (Å²) < 4.78 is 11.1. The summed E-state index contributed by atoms with van der Waals surface area (Å²) in [5.41, 5.74) is 1.81. The van der Waals surface area contributed by atoms with E-state index in [-0.39, 0.29) is 5.78 Å². The molecule has 3 nitrogen and oxygen atoms in total. The lowest BCUT2D eigenvalue weighted by Gasteiger charge is -2.07. The lowest BCUT2D eigenvalue weighted by molar-refractivity contribution is 0.103. The lowest BCUT2D eigenvalue weighted by Crippen LogP contribution is -2.05. The van der Waals surface area contributed by atoms with Crippen LogP contribution in [-0.4, -0.2) is 12.9 Å². The van der Waals surface area contributed by atoms with Gasteiger partial charge in [0.05, 0.1) is 17.7 Å². The van der Waals surface area contributed by atoms with Crippen LogP contribution in [0.2, 0.25) is 5.02 Å². The number of furan rings is 1. The monoisotopic (exact) mass is 342 g/mol. The second-order valence-corrected chi connectivity index (χ2v) is 6.08. The van der Waals surface area contributed by atoms with Crippen molar-refractivity contribution in [2.75, 3.05) is 7.11 Å². The molecule has 0 amide bonds. The van der Waals surface area contributed by atoms with Crippen LogP contribution >= 0.6 is 11.6 Å². The van der Waals surface area contributed by atoms with Crippen LogP contribution in [0, 0.1) is 0 Å². The van der Waals surface area contributed by atoms with Crippen molar-refractivity contribution < 1.29 is 13.9 Å². The normalized spacial score (nSPS) is 11.0. The molecule has 0 aliphatic heterocycles. The smallest absolute Gasteiger partial charge is 0.198 e. The van der Waals surface area contributed by atoms with Crippen LogP contribution in [0.5, 0.6) is 5.75 Å². The van der Waals surface area contributed by atoms with Crippen molar-refractivity contribution in [3.63, 3.8) is 0 Å². The quantitative estimate of drug-likeness (QED) is 0.542. The molecule has 1 aromatic heterocycles. The highest BCUT2D eigenvalue weighted by Crippen LogP contribution is 2.32. The Labute approximate surface area is 146 Å². The molecule has 1 heterocycles.